The Hall–Kier alpha value is -3.96. The lowest BCUT2D eigenvalue weighted by molar-refractivity contribution is -0.193. The molecule has 232 valence electrons. The van der Waals surface area contributed by atoms with Gasteiger partial charge in [-0.2, -0.15) is 26.3 Å². The summed E-state index contributed by atoms with van der Waals surface area (Å²) >= 11 is 0. The molecule has 1 unspecified atom stereocenters. The molecule has 17 heteroatoms. The first-order valence-electron chi connectivity index (χ1n) is 12.1. The van der Waals surface area contributed by atoms with Crippen LogP contribution in [0.4, 0.5) is 26.3 Å². The first-order valence-corrected chi connectivity index (χ1v) is 12.1. The number of carbonyl (C=O) groups is 3. The molecule has 3 atom stereocenters. The maximum Gasteiger partial charge on any atom is 0.490 e. The number of alkyl halides is 6. The van der Waals surface area contributed by atoms with E-state index in [1.807, 2.05) is 12.1 Å². The molecule has 42 heavy (non-hydrogen) atoms. The SMILES string of the molecule is O=C(NC[C@@H](O)[C@@H]1Cc2ccccc2CN1)c1ccnc(OC2CCOC2)c1.O=C(O)C(F)(F)F.O=C(O)C(F)(F)F. The zero-order valence-corrected chi connectivity index (χ0v) is 21.6. The minimum absolute atomic E-state index is 0.0205. The Morgan fingerprint density at radius 2 is 1.64 bits per heavy atom. The van der Waals surface area contributed by atoms with Gasteiger partial charge in [-0.3, -0.25) is 4.79 Å². The second-order valence-electron chi connectivity index (χ2n) is 8.83. The van der Waals surface area contributed by atoms with Gasteiger partial charge in [-0.05, 0) is 23.6 Å². The molecule has 1 amide bonds. The fourth-order valence-electron chi connectivity index (χ4n) is 3.58. The molecule has 0 aliphatic carbocycles. The highest BCUT2D eigenvalue weighted by Gasteiger charge is 2.39. The zero-order chi connectivity index (χ0) is 31.5. The molecular weight excluding hydrogens is 584 g/mol. The van der Waals surface area contributed by atoms with E-state index in [2.05, 4.69) is 27.8 Å². The van der Waals surface area contributed by atoms with Crippen LogP contribution in [0.25, 0.3) is 0 Å². The van der Waals surface area contributed by atoms with Gasteiger partial charge in [0.1, 0.15) is 6.10 Å². The summed E-state index contributed by atoms with van der Waals surface area (Å²) < 4.78 is 74.5. The molecule has 0 spiro atoms. The van der Waals surface area contributed by atoms with Crippen LogP contribution in [0.2, 0.25) is 0 Å². The molecule has 1 fully saturated rings. The minimum Gasteiger partial charge on any atom is -0.475 e. The number of carbonyl (C=O) groups excluding carboxylic acids is 1. The summed E-state index contributed by atoms with van der Waals surface area (Å²) in [5.41, 5.74) is 2.95. The Labute approximate surface area is 234 Å². The number of ether oxygens (including phenoxy) is 2. The standard InChI is InChI=1S/C21H25N3O4.2C2HF3O2/c25-19(18-9-14-3-1-2-4-16(14)11-23-18)12-24-21(26)15-5-7-22-20(10-15)28-17-6-8-27-13-17;2*3-2(4,5)1(6)7/h1-5,7,10,17-19,23,25H,6,8-9,11-13H2,(H,24,26);2*(H,6,7)/t17?,18-,19+;;/m0../s1. The number of amides is 1. The average molecular weight is 611 g/mol. The highest BCUT2D eigenvalue weighted by Crippen LogP contribution is 2.19. The number of nitrogens with one attached hydrogen (secondary N) is 2. The molecule has 1 saturated heterocycles. The van der Waals surface area contributed by atoms with E-state index < -0.39 is 30.4 Å². The van der Waals surface area contributed by atoms with Crippen molar-refractivity contribution in [2.45, 2.75) is 50.0 Å². The van der Waals surface area contributed by atoms with Gasteiger partial charge in [0.2, 0.25) is 5.88 Å². The quantitative estimate of drug-likeness (QED) is 0.306. The van der Waals surface area contributed by atoms with Crippen LogP contribution in [0.15, 0.2) is 42.6 Å². The molecule has 0 saturated carbocycles. The van der Waals surface area contributed by atoms with Crippen LogP contribution in [0, 0.1) is 0 Å². The van der Waals surface area contributed by atoms with Crippen molar-refractivity contribution in [1.82, 2.24) is 15.6 Å². The summed E-state index contributed by atoms with van der Waals surface area (Å²) in [6.07, 6.45) is -7.75. The molecule has 3 heterocycles. The van der Waals surface area contributed by atoms with Crippen molar-refractivity contribution in [1.29, 1.82) is 0 Å². The number of halogens is 6. The maximum atomic E-state index is 12.5. The molecule has 11 nitrogen and oxygen atoms in total. The molecule has 5 N–H and O–H groups in total. The number of fused-ring (bicyclic) bond motifs is 1. The predicted molar refractivity (Wildman–Crippen MR) is 131 cm³/mol. The minimum atomic E-state index is -5.08. The van der Waals surface area contributed by atoms with Gasteiger partial charge in [-0.15, -0.1) is 0 Å². The number of benzene rings is 1. The molecular formula is C25H27F6N3O8. The van der Waals surface area contributed by atoms with Crippen LogP contribution < -0.4 is 15.4 Å². The second kappa shape index (κ2) is 15.3. The van der Waals surface area contributed by atoms with E-state index in [1.165, 1.54) is 11.1 Å². The van der Waals surface area contributed by atoms with Crippen molar-refractivity contribution in [3.05, 3.63) is 59.3 Å². The Morgan fingerprint density at radius 1 is 1.05 bits per heavy atom. The fraction of sp³-hybridized carbons (Fsp3) is 0.440. The highest BCUT2D eigenvalue weighted by atomic mass is 19.4. The van der Waals surface area contributed by atoms with E-state index in [9.17, 15) is 36.2 Å². The summed E-state index contributed by atoms with van der Waals surface area (Å²) in [7, 11) is 0. The molecule has 2 aliphatic heterocycles. The van der Waals surface area contributed by atoms with Crippen molar-refractivity contribution in [3.63, 3.8) is 0 Å². The van der Waals surface area contributed by atoms with Crippen molar-refractivity contribution in [3.8, 4) is 5.88 Å². The first-order chi connectivity index (χ1) is 19.6. The van der Waals surface area contributed by atoms with Crippen LogP contribution in [0.5, 0.6) is 5.88 Å². The number of aliphatic hydroxyl groups is 1. The van der Waals surface area contributed by atoms with Gasteiger partial charge in [-0.1, -0.05) is 24.3 Å². The average Bonchev–Trinajstić information content (AvgIpc) is 3.44. The zero-order valence-electron chi connectivity index (χ0n) is 21.6. The Bertz CT molecular complexity index is 1180. The van der Waals surface area contributed by atoms with E-state index in [-0.39, 0.29) is 24.6 Å². The largest absolute Gasteiger partial charge is 0.490 e. The molecule has 0 bridgehead atoms. The second-order valence-corrected chi connectivity index (χ2v) is 8.83. The number of aromatic nitrogens is 1. The Morgan fingerprint density at radius 3 is 2.19 bits per heavy atom. The third-order valence-electron chi connectivity index (χ3n) is 5.71. The maximum absolute atomic E-state index is 12.5. The monoisotopic (exact) mass is 611 g/mol. The van der Waals surface area contributed by atoms with E-state index in [4.69, 9.17) is 29.3 Å². The summed E-state index contributed by atoms with van der Waals surface area (Å²) in [6.45, 7) is 2.12. The lowest BCUT2D eigenvalue weighted by Crippen LogP contribution is -2.49. The Balaban J connectivity index is 0.000000367. The molecule has 2 aromatic rings. The van der Waals surface area contributed by atoms with Gasteiger partial charge >= 0.3 is 24.3 Å². The number of nitrogens with zero attached hydrogens (tertiary/aromatic N) is 1. The van der Waals surface area contributed by atoms with Gasteiger partial charge in [0.15, 0.2) is 0 Å². The van der Waals surface area contributed by atoms with Crippen molar-refractivity contribution in [2.24, 2.45) is 0 Å². The number of hydrogen-bond acceptors (Lipinski definition) is 8. The summed E-state index contributed by atoms with van der Waals surface area (Å²) in [5, 5.41) is 30.9. The van der Waals surface area contributed by atoms with Crippen LogP contribution in [0.1, 0.15) is 27.9 Å². The van der Waals surface area contributed by atoms with E-state index >= 15 is 0 Å². The topological polar surface area (TPSA) is 167 Å². The molecule has 4 rings (SSSR count). The number of rotatable bonds is 6. The van der Waals surface area contributed by atoms with Gasteiger partial charge in [0.05, 0.1) is 19.3 Å². The number of aliphatic carboxylic acids is 2. The third-order valence-corrected chi connectivity index (χ3v) is 5.71. The summed E-state index contributed by atoms with van der Waals surface area (Å²) in [4.78, 5) is 34.4. The predicted octanol–water partition coefficient (Wildman–Crippen LogP) is 2.32. The van der Waals surface area contributed by atoms with Gasteiger partial charge in [0, 0.05) is 43.4 Å². The van der Waals surface area contributed by atoms with E-state index in [0.29, 0.717) is 24.7 Å². The lowest BCUT2D eigenvalue weighted by atomic mass is 9.93. The Kier molecular flexibility index (Phi) is 12.5. The smallest absolute Gasteiger partial charge is 0.475 e. The van der Waals surface area contributed by atoms with Crippen LogP contribution in [0.3, 0.4) is 0 Å². The number of hydrogen-bond donors (Lipinski definition) is 5. The van der Waals surface area contributed by atoms with Gasteiger partial charge in [0.25, 0.3) is 5.91 Å². The van der Waals surface area contributed by atoms with E-state index in [0.717, 1.165) is 19.4 Å². The molecule has 1 aromatic heterocycles. The first kappa shape index (κ1) is 34.2. The van der Waals surface area contributed by atoms with Gasteiger partial charge in [-0.25, -0.2) is 14.6 Å². The van der Waals surface area contributed by atoms with Crippen LogP contribution >= 0.6 is 0 Å². The lowest BCUT2D eigenvalue weighted by Gasteiger charge is -2.30. The van der Waals surface area contributed by atoms with Crippen molar-refractivity contribution < 1.29 is 65.5 Å². The van der Waals surface area contributed by atoms with Crippen molar-refractivity contribution in [2.75, 3.05) is 19.8 Å². The fourth-order valence-corrected chi connectivity index (χ4v) is 3.58. The van der Waals surface area contributed by atoms with Crippen molar-refractivity contribution >= 4 is 17.8 Å². The number of carboxylic acids is 2. The number of carboxylic acid groups (broad SMARTS) is 2. The van der Waals surface area contributed by atoms with Gasteiger partial charge < -0.3 is 35.4 Å². The number of pyridine rings is 1. The van der Waals surface area contributed by atoms with E-state index in [1.54, 1.807) is 18.3 Å². The summed E-state index contributed by atoms with van der Waals surface area (Å²) in [5.74, 6) is -5.36. The molecule has 1 aromatic carbocycles. The van der Waals surface area contributed by atoms with Crippen LogP contribution in [-0.4, -0.2) is 88.5 Å². The van der Waals surface area contributed by atoms with Crippen LogP contribution in [-0.2, 0) is 27.3 Å². The summed E-state index contributed by atoms with van der Waals surface area (Å²) in [6, 6.07) is 11.4. The number of aliphatic hydroxyl groups excluding tert-OH is 1. The molecule has 2 aliphatic rings. The third kappa shape index (κ3) is 11.5. The molecule has 0 radical (unpaired) electrons. The normalized spacial score (nSPS) is 18.6. The highest BCUT2D eigenvalue weighted by molar-refractivity contribution is 5.94.